The smallest absolute Gasteiger partial charge is 0.0770 e. The van der Waals surface area contributed by atoms with Crippen LogP contribution in [0, 0.1) is 6.92 Å². The molecule has 0 aliphatic carbocycles. The van der Waals surface area contributed by atoms with Crippen LogP contribution >= 0.6 is 22.9 Å². The molecule has 5 heteroatoms. The summed E-state index contributed by atoms with van der Waals surface area (Å²) in [5, 5.41) is 10.6. The molecule has 2 aromatic heterocycles. The number of hydrogen-bond acceptors (Lipinski definition) is 3. The molecule has 0 atom stereocenters. The fourth-order valence-electron chi connectivity index (χ4n) is 1.65. The molecule has 1 N–H and O–H groups in total. The summed E-state index contributed by atoms with van der Waals surface area (Å²) in [6.07, 6.45) is 1.93. The first-order chi connectivity index (χ1) is 8.22. The molecule has 17 heavy (non-hydrogen) atoms. The van der Waals surface area contributed by atoms with Gasteiger partial charge in [-0.25, -0.2) is 0 Å². The topological polar surface area (TPSA) is 29.9 Å². The van der Waals surface area contributed by atoms with Crippen molar-refractivity contribution in [2.24, 2.45) is 0 Å². The van der Waals surface area contributed by atoms with Crippen LogP contribution in [0.25, 0.3) is 0 Å². The summed E-state index contributed by atoms with van der Waals surface area (Å²) in [7, 11) is 0. The van der Waals surface area contributed by atoms with Crippen molar-refractivity contribution in [2.75, 3.05) is 6.54 Å². The molecular weight excluding hydrogens is 254 g/mol. The first-order valence-electron chi connectivity index (χ1n) is 5.66. The van der Waals surface area contributed by atoms with Crippen LogP contribution in [0.15, 0.2) is 17.6 Å². The minimum absolute atomic E-state index is 0.758. The Morgan fingerprint density at radius 3 is 3.00 bits per heavy atom. The highest BCUT2D eigenvalue weighted by atomic mass is 35.5. The molecule has 0 saturated carbocycles. The van der Waals surface area contributed by atoms with Crippen molar-refractivity contribution in [3.8, 4) is 0 Å². The molecule has 3 nitrogen and oxygen atoms in total. The van der Waals surface area contributed by atoms with Gasteiger partial charge in [0.2, 0.25) is 0 Å². The van der Waals surface area contributed by atoms with E-state index in [4.69, 9.17) is 11.6 Å². The lowest BCUT2D eigenvalue weighted by molar-refractivity contribution is 0.665. The minimum atomic E-state index is 0.758. The lowest BCUT2D eigenvalue weighted by atomic mass is 10.2. The number of rotatable bonds is 5. The number of nitrogens with one attached hydrogen (secondary N) is 1. The van der Waals surface area contributed by atoms with Crippen LogP contribution in [0.2, 0.25) is 5.02 Å². The van der Waals surface area contributed by atoms with Gasteiger partial charge in [0.1, 0.15) is 0 Å². The second-order valence-electron chi connectivity index (χ2n) is 3.88. The van der Waals surface area contributed by atoms with Gasteiger partial charge in [-0.05, 0) is 24.9 Å². The van der Waals surface area contributed by atoms with Crippen molar-refractivity contribution in [1.82, 2.24) is 15.1 Å². The first-order valence-corrected chi connectivity index (χ1v) is 6.92. The van der Waals surface area contributed by atoms with E-state index in [2.05, 4.69) is 24.3 Å². The van der Waals surface area contributed by atoms with Crippen LogP contribution in [0.1, 0.15) is 23.1 Å². The maximum Gasteiger partial charge on any atom is 0.0770 e. The Bertz CT molecular complexity index is 490. The van der Waals surface area contributed by atoms with E-state index in [1.807, 2.05) is 22.3 Å². The van der Waals surface area contributed by atoms with Gasteiger partial charge in [-0.3, -0.25) is 4.68 Å². The van der Waals surface area contributed by atoms with Crippen LogP contribution in [-0.4, -0.2) is 16.3 Å². The Morgan fingerprint density at radius 1 is 1.53 bits per heavy atom. The molecule has 0 fully saturated rings. The predicted molar refractivity (Wildman–Crippen MR) is 72.8 cm³/mol. The lowest BCUT2D eigenvalue weighted by Crippen LogP contribution is -2.12. The first kappa shape index (κ1) is 12.6. The van der Waals surface area contributed by atoms with E-state index in [0.29, 0.717) is 0 Å². The Hall–Kier alpha value is -0.840. The molecule has 0 aliphatic heterocycles. The number of thiophene rings is 1. The van der Waals surface area contributed by atoms with Crippen LogP contribution in [0.4, 0.5) is 0 Å². The SMILES string of the molecule is CCNCc1cnn(Cc2sccc2Cl)c1C. The van der Waals surface area contributed by atoms with Crippen LogP contribution in [-0.2, 0) is 13.1 Å². The van der Waals surface area contributed by atoms with E-state index in [1.54, 1.807) is 11.3 Å². The standard InChI is InChI=1S/C12H16ClN3S/c1-3-14-6-10-7-15-16(9(10)2)8-12-11(13)4-5-17-12/h4-5,7,14H,3,6,8H2,1-2H3. The molecule has 2 rings (SSSR count). The average Bonchev–Trinajstić information content (AvgIpc) is 2.86. The van der Waals surface area contributed by atoms with Crippen LogP contribution in [0.5, 0.6) is 0 Å². The summed E-state index contributed by atoms with van der Waals surface area (Å²) in [6.45, 7) is 6.81. The molecule has 92 valence electrons. The van der Waals surface area contributed by atoms with Gasteiger partial charge in [-0.1, -0.05) is 18.5 Å². The molecule has 0 amide bonds. The Labute approximate surface area is 110 Å². The molecule has 2 aromatic rings. The molecular formula is C12H16ClN3S. The van der Waals surface area contributed by atoms with E-state index < -0.39 is 0 Å². The monoisotopic (exact) mass is 269 g/mol. The van der Waals surface area contributed by atoms with Crippen molar-refractivity contribution in [3.63, 3.8) is 0 Å². The molecule has 0 spiro atoms. The Kier molecular flexibility index (Phi) is 4.20. The summed E-state index contributed by atoms with van der Waals surface area (Å²) in [6, 6.07) is 1.93. The highest BCUT2D eigenvalue weighted by molar-refractivity contribution is 7.10. The average molecular weight is 270 g/mol. The molecule has 0 saturated heterocycles. The zero-order valence-electron chi connectivity index (χ0n) is 10.0. The summed E-state index contributed by atoms with van der Waals surface area (Å²) in [5.41, 5.74) is 2.45. The summed E-state index contributed by atoms with van der Waals surface area (Å²) in [5.74, 6) is 0. The van der Waals surface area contributed by atoms with Crippen LogP contribution in [0.3, 0.4) is 0 Å². The Balaban J connectivity index is 2.12. The van der Waals surface area contributed by atoms with Crippen molar-refractivity contribution in [1.29, 1.82) is 0 Å². The third-order valence-corrected chi connectivity index (χ3v) is 4.13. The highest BCUT2D eigenvalue weighted by Gasteiger charge is 2.08. The maximum absolute atomic E-state index is 6.09. The molecule has 0 radical (unpaired) electrons. The molecule has 0 aromatic carbocycles. The van der Waals surface area contributed by atoms with Gasteiger partial charge in [-0.15, -0.1) is 11.3 Å². The third kappa shape index (κ3) is 2.89. The van der Waals surface area contributed by atoms with E-state index in [9.17, 15) is 0 Å². The molecule has 0 aliphatic rings. The van der Waals surface area contributed by atoms with Crippen molar-refractivity contribution in [3.05, 3.63) is 38.8 Å². The van der Waals surface area contributed by atoms with Gasteiger partial charge in [0, 0.05) is 22.7 Å². The second-order valence-corrected chi connectivity index (χ2v) is 5.29. The largest absolute Gasteiger partial charge is 0.313 e. The number of aromatic nitrogens is 2. The van der Waals surface area contributed by atoms with Gasteiger partial charge in [0.05, 0.1) is 17.8 Å². The van der Waals surface area contributed by atoms with E-state index in [-0.39, 0.29) is 0 Å². The number of nitrogens with zero attached hydrogens (tertiary/aromatic N) is 2. The van der Waals surface area contributed by atoms with E-state index >= 15 is 0 Å². The van der Waals surface area contributed by atoms with Gasteiger partial charge < -0.3 is 5.32 Å². The summed E-state index contributed by atoms with van der Waals surface area (Å²) < 4.78 is 2.00. The predicted octanol–water partition coefficient (Wildman–Crippen LogP) is 3.06. The van der Waals surface area contributed by atoms with E-state index in [0.717, 1.165) is 29.5 Å². The van der Waals surface area contributed by atoms with Gasteiger partial charge in [-0.2, -0.15) is 5.10 Å². The summed E-state index contributed by atoms with van der Waals surface area (Å²) in [4.78, 5) is 1.16. The fourth-order valence-corrected chi connectivity index (χ4v) is 2.73. The zero-order chi connectivity index (χ0) is 12.3. The molecule has 2 heterocycles. The van der Waals surface area contributed by atoms with Gasteiger partial charge >= 0.3 is 0 Å². The van der Waals surface area contributed by atoms with Gasteiger partial charge in [0.15, 0.2) is 0 Å². The molecule has 0 bridgehead atoms. The minimum Gasteiger partial charge on any atom is -0.313 e. The van der Waals surface area contributed by atoms with Crippen LogP contribution < -0.4 is 5.32 Å². The second kappa shape index (κ2) is 5.67. The number of halogens is 1. The molecule has 0 unspecified atom stereocenters. The quantitative estimate of drug-likeness (QED) is 0.904. The Morgan fingerprint density at radius 2 is 2.35 bits per heavy atom. The highest BCUT2D eigenvalue weighted by Crippen LogP contribution is 2.23. The summed E-state index contributed by atoms with van der Waals surface area (Å²) >= 11 is 7.76. The fraction of sp³-hybridized carbons (Fsp3) is 0.417. The number of hydrogen-bond donors (Lipinski definition) is 1. The lowest BCUT2D eigenvalue weighted by Gasteiger charge is -2.05. The normalized spacial score (nSPS) is 11.0. The maximum atomic E-state index is 6.09. The van der Waals surface area contributed by atoms with Crippen molar-refractivity contribution in [2.45, 2.75) is 26.9 Å². The third-order valence-electron chi connectivity index (χ3n) is 2.75. The van der Waals surface area contributed by atoms with E-state index in [1.165, 1.54) is 11.3 Å². The van der Waals surface area contributed by atoms with Gasteiger partial charge in [0.25, 0.3) is 0 Å². The van der Waals surface area contributed by atoms with Crippen molar-refractivity contribution < 1.29 is 0 Å². The van der Waals surface area contributed by atoms with Crippen molar-refractivity contribution >= 4 is 22.9 Å². The zero-order valence-corrected chi connectivity index (χ0v) is 11.6.